The van der Waals surface area contributed by atoms with Crippen molar-refractivity contribution in [2.75, 3.05) is 0 Å². The standard InChI is InChI=1S/C36H64O/c1-11-14-21-36(10,28(7)13-3)32(16-12-2)17-15-20-35(9,34(37)22-26(4)5)25-31-24-30-19-18-27(6)23-33(30)29(31)8/h12,14,21,26-29,31-32,34,37H,2,11,13,15-20,22-25H2,1,3-10H3/b21-14-/t27-,28?,29+,31?,32?,34-,35?,36+/m0/s1. The van der Waals surface area contributed by atoms with Crippen molar-refractivity contribution in [2.45, 2.75) is 145 Å². The lowest BCUT2D eigenvalue weighted by Crippen LogP contribution is -2.37. The summed E-state index contributed by atoms with van der Waals surface area (Å²) in [6.07, 6.45) is 21.2. The van der Waals surface area contributed by atoms with Crippen molar-refractivity contribution in [3.63, 3.8) is 0 Å². The average molecular weight is 513 g/mol. The molecule has 0 aromatic heterocycles. The quantitative estimate of drug-likeness (QED) is 0.204. The Morgan fingerprint density at radius 2 is 1.81 bits per heavy atom. The molecular formula is C36H64O. The van der Waals surface area contributed by atoms with Crippen LogP contribution in [-0.2, 0) is 0 Å². The number of allylic oxidation sites excluding steroid dienone is 5. The minimum atomic E-state index is -0.213. The third-order valence-electron chi connectivity index (χ3n) is 11.0. The van der Waals surface area contributed by atoms with Crippen LogP contribution in [0.15, 0.2) is 36.0 Å². The second-order valence-corrected chi connectivity index (χ2v) is 14.3. The van der Waals surface area contributed by atoms with Gasteiger partial charge in [0.1, 0.15) is 0 Å². The minimum Gasteiger partial charge on any atom is -0.393 e. The van der Waals surface area contributed by atoms with Gasteiger partial charge in [0.05, 0.1) is 6.10 Å². The van der Waals surface area contributed by atoms with E-state index in [-0.39, 0.29) is 16.9 Å². The molecule has 0 amide bonds. The van der Waals surface area contributed by atoms with Gasteiger partial charge in [0, 0.05) is 0 Å². The third kappa shape index (κ3) is 8.33. The largest absolute Gasteiger partial charge is 0.393 e. The molecule has 2 aliphatic carbocycles. The van der Waals surface area contributed by atoms with Gasteiger partial charge in [-0.3, -0.25) is 0 Å². The molecule has 0 heterocycles. The molecule has 0 fully saturated rings. The summed E-state index contributed by atoms with van der Waals surface area (Å²) < 4.78 is 0. The van der Waals surface area contributed by atoms with Gasteiger partial charge in [-0.1, -0.05) is 105 Å². The van der Waals surface area contributed by atoms with E-state index in [2.05, 4.69) is 87.1 Å². The van der Waals surface area contributed by atoms with E-state index in [9.17, 15) is 5.11 Å². The Kier molecular flexibility index (Phi) is 12.7. The molecule has 0 aromatic rings. The predicted octanol–water partition coefficient (Wildman–Crippen LogP) is 10.9. The summed E-state index contributed by atoms with van der Waals surface area (Å²) in [6, 6.07) is 0. The maximum Gasteiger partial charge on any atom is 0.0596 e. The van der Waals surface area contributed by atoms with E-state index in [1.54, 1.807) is 11.1 Å². The fourth-order valence-electron chi connectivity index (χ4n) is 7.86. The van der Waals surface area contributed by atoms with Gasteiger partial charge >= 0.3 is 0 Å². The molecule has 0 saturated carbocycles. The van der Waals surface area contributed by atoms with E-state index >= 15 is 0 Å². The van der Waals surface area contributed by atoms with Crippen molar-refractivity contribution in [1.82, 2.24) is 0 Å². The van der Waals surface area contributed by atoms with Crippen molar-refractivity contribution < 1.29 is 5.11 Å². The summed E-state index contributed by atoms with van der Waals surface area (Å²) in [4.78, 5) is 0. The molecule has 1 N–H and O–H groups in total. The molecule has 1 nitrogen and oxygen atoms in total. The minimum absolute atomic E-state index is 0.00577. The lowest BCUT2D eigenvalue weighted by atomic mass is 9.63. The molecule has 0 bridgehead atoms. The fourth-order valence-corrected chi connectivity index (χ4v) is 7.86. The zero-order valence-electron chi connectivity index (χ0n) is 26.4. The highest BCUT2D eigenvalue weighted by Gasteiger charge is 2.42. The highest BCUT2D eigenvalue weighted by molar-refractivity contribution is 5.27. The van der Waals surface area contributed by atoms with Crippen LogP contribution in [-0.4, -0.2) is 11.2 Å². The first kappa shape index (κ1) is 32.4. The molecule has 1 heteroatoms. The van der Waals surface area contributed by atoms with Crippen LogP contribution in [0.4, 0.5) is 0 Å². The van der Waals surface area contributed by atoms with Crippen molar-refractivity contribution >= 4 is 0 Å². The first-order chi connectivity index (χ1) is 17.4. The highest BCUT2D eigenvalue weighted by atomic mass is 16.3. The first-order valence-corrected chi connectivity index (χ1v) is 16.1. The van der Waals surface area contributed by atoms with Crippen LogP contribution in [0.25, 0.3) is 0 Å². The zero-order chi connectivity index (χ0) is 27.8. The lowest BCUT2D eigenvalue weighted by molar-refractivity contribution is -0.00748. The molecule has 4 unspecified atom stereocenters. The van der Waals surface area contributed by atoms with Gasteiger partial charge in [-0.25, -0.2) is 0 Å². The second kappa shape index (κ2) is 14.5. The molecule has 0 saturated heterocycles. The summed E-state index contributed by atoms with van der Waals surface area (Å²) in [6.45, 7) is 25.5. The molecule has 214 valence electrons. The molecule has 2 rings (SSSR count). The summed E-state index contributed by atoms with van der Waals surface area (Å²) in [5, 5.41) is 11.6. The fraction of sp³-hybridized carbons (Fsp3) is 0.833. The predicted molar refractivity (Wildman–Crippen MR) is 165 cm³/mol. The first-order valence-electron chi connectivity index (χ1n) is 16.1. The normalized spacial score (nSPS) is 28.1. The van der Waals surface area contributed by atoms with Gasteiger partial charge in [-0.05, 0) is 111 Å². The van der Waals surface area contributed by atoms with Crippen LogP contribution in [0.1, 0.15) is 139 Å². The number of rotatable bonds is 16. The van der Waals surface area contributed by atoms with Gasteiger partial charge in [0.15, 0.2) is 0 Å². The van der Waals surface area contributed by atoms with E-state index in [0.717, 1.165) is 31.6 Å². The van der Waals surface area contributed by atoms with Gasteiger partial charge in [-0.2, -0.15) is 0 Å². The van der Waals surface area contributed by atoms with Crippen molar-refractivity contribution in [1.29, 1.82) is 0 Å². The number of aliphatic hydroxyl groups is 1. The van der Waals surface area contributed by atoms with Crippen LogP contribution in [0, 0.1) is 46.3 Å². The Morgan fingerprint density at radius 1 is 1.11 bits per heavy atom. The summed E-state index contributed by atoms with van der Waals surface area (Å²) in [5.41, 5.74) is 3.77. The van der Waals surface area contributed by atoms with Crippen molar-refractivity contribution in [3.05, 3.63) is 36.0 Å². The molecular weight excluding hydrogens is 448 g/mol. The van der Waals surface area contributed by atoms with Gasteiger partial charge in [0.2, 0.25) is 0 Å². The van der Waals surface area contributed by atoms with E-state index < -0.39 is 0 Å². The van der Waals surface area contributed by atoms with Crippen LogP contribution in [0.3, 0.4) is 0 Å². The van der Waals surface area contributed by atoms with E-state index in [4.69, 9.17) is 0 Å². The van der Waals surface area contributed by atoms with Gasteiger partial charge in [-0.15, -0.1) is 6.58 Å². The SMILES string of the molecule is C=CCC(CCCC(C)(CC1CC2=C(C[C@@H](C)CC2)[C@@H]1C)[C@@H](O)CC(C)C)[C@](C)(/C=C\CC)C(C)CC. The van der Waals surface area contributed by atoms with Gasteiger partial charge in [0.25, 0.3) is 0 Å². The zero-order valence-corrected chi connectivity index (χ0v) is 26.4. The van der Waals surface area contributed by atoms with Crippen LogP contribution >= 0.6 is 0 Å². The maximum atomic E-state index is 11.6. The van der Waals surface area contributed by atoms with Crippen molar-refractivity contribution in [2.24, 2.45) is 46.3 Å². The van der Waals surface area contributed by atoms with E-state index in [1.807, 2.05) is 0 Å². The third-order valence-corrected chi connectivity index (χ3v) is 11.0. The highest BCUT2D eigenvalue weighted by Crippen LogP contribution is 2.52. The Balaban J connectivity index is 2.19. The molecule has 0 aliphatic heterocycles. The molecule has 37 heavy (non-hydrogen) atoms. The smallest absolute Gasteiger partial charge is 0.0596 e. The summed E-state index contributed by atoms with van der Waals surface area (Å²) >= 11 is 0. The molecule has 2 aliphatic rings. The van der Waals surface area contributed by atoms with E-state index in [1.165, 1.54) is 51.4 Å². The Hall–Kier alpha value is -0.820. The molecule has 0 aromatic carbocycles. The topological polar surface area (TPSA) is 20.2 Å². The molecule has 0 radical (unpaired) electrons. The lowest BCUT2D eigenvalue weighted by Gasteiger charge is -2.42. The Labute approximate surface area is 232 Å². The Morgan fingerprint density at radius 3 is 2.41 bits per heavy atom. The van der Waals surface area contributed by atoms with Crippen LogP contribution in [0.2, 0.25) is 0 Å². The monoisotopic (exact) mass is 512 g/mol. The number of aliphatic hydroxyl groups excluding tert-OH is 1. The van der Waals surface area contributed by atoms with Crippen molar-refractivity contribution in [3.8, 4) is 0 Å². The number of hydrogen-bond acceptors (Lipinski definition) is 1. The maximum absolute atomic E-state index is 11.6. The average Bonchev–Trinajstić information content (AvgIpc) is 3.15. The Bertz CT molecular complexity index is 759. The molecule has 0 spiro atoms. The van der Waals surface area contributed by atoms with Gasteiger partial charge < -0.3 is 5.11 Å². The summed E-state index contributed by atoms with van der Waals surface area (Å²) in [5.74, 6) is 4.05. The number of hydrogen-bond donors (Lipinski definition) is 1. The molecule has 8 atom stereocenters. The second-order valence-electron chi connectivity index (χ2n) is 14.3. The van der Waals surface area contributed by atoms with Crippen LogP contribution < -0.4 is 0 Å². The summed E-state index contributed by atoms with van der Waals surface area (Å²) in [7, 11) is 0. The van der Waals surface area contributed by atoms with E-state index in [0.29, 0.717) is 29.6 Å². The van der Waals surface area contributed by atoms with Crippen LogP contribution in [0.5, 0.6) is 0 Å².